The molecular weight excluding hydrogens is 903 g/mol. The molecule has 11 atom stereocenters. The molecule has 0 spiro atoms. The molecule has 1 aliphatic heterocycles. The predicted molar refractivity (Wildman–Crippen MR) is 254 cm³/mol. The summed E-state index contributed by atoms with van der Waals surface area (Å²) in [6.07, 6.45) is -10.7. The Bertz CT molecular complexity index is 2780. The number of ether oxygens (including phenoxy) is 5. The van der Waals surface area contributed by atoms with Crippen molar-refractivity contribution < 1.29 is 73.9 Å². The number of ketones is 1. The number of aliphatic hydroxyl groups is 2. The van der Waals surface area contributed by atoms with Gasteiger partial charge in [-0.25, -0.2) is 9.59 Å². The molecule has 3 aromatic carbocycles. The van der Waals surface area contributed by atoms with Crippen molar-refractivity contribution in [3.63, 3.8) is 0 Å². The lowest BCUT2D eigenvalue weighted by Gasteiger charge is -2.67. The molecule has 15 nitrogen and oxygen atoms in total. The van der Waals surface area contributed by atoms with E-state index in [1.165, 1.54) is 26.0 Å². The third-order valence-corrected chi connectivity index (χ3v) is 19.8. The minimum atomic E-state index is -3.14. The van der Waals surface area contributed by atoms with E-state index in [2.05, 4.69) is 5.32 Å². The molecule has 3 aliphatic carbocycles. The number of benzene rings is 3. The molecule has 2 saturated carbocycles. The van der Waals surface area contributed by atoms with Crippen LogP contribution in [0.2, 0.25) is 18.1 Å². The van der Waals surface area contributed by atoms with Crippen molar-refractivity contribution in [1.82, 2.24) is 5.32 Å². The molecule has 3 N–H and O–H groups in total. The Balaban J connectivity index is 1.45. The van der Waals surface area contributed by atoms with Gasteiger partial charge in [-0.3, -0.25) is 19.2 Å². The minimum absolute atomic E-state index is 0.0371. The first-order valence-corrected chi connectivity index (χ1v) is 25.9. The van der Waals surface area contributed by atoms with Crippen LogP contribution in [0.5, 0.6) is 0 Å². The second kappa shape index (κ2) is 18.7. The van der Waals surface area contributed by atoms with Crippen molar-refractivity contribution in [2.45, 2.75) is 147 Å². The lowest BCUT2D eigenvalue weighted by atomic mass is 9.44. The van der Waals surface area contributed by atoms with Crippen molar-refractivity contribution in [1.29, 1.82) is 0 Å². The first-order valence-electron chi connectivity index (χ1n) is 25.5. The Morgan fingerprint density at radius 2 is 1.49 bits per heavy atom. The fourth-order valence-corrected chi connectivity index (χ4v) is 11.8. The summed E-state index contributed by atoms with van der Waals surface area (Å²) in [5, 5.41) is 28.4. The summed E-state index contributed by atoms with van der Waals surface area (Å²) in [7, 11) is -3.14. The number of aliphatic hydroxyl groups excluding tert-OH is 1. The average Bonchev–Trinajstić information content (AvgIpc) is 3.32. The highest BCUT2D eigenvalue weighted by Gasteiger charge is 2.78. The molecule has 7 rings (SSSR count). The van der Waals surface area contributed by atoms with Crippen LogP contribution in [0.1, 0.15) is 114 Å². The molecule has 1 amide bonds. The molecule has 0 radical (unpaired) electrons. The van der Waals surface area contributed by atoms with E-state index in [4.69, 9.17) is 35.0 Å². The largest absolute Gasteiger partial charge is 0.456 e. The van der Waals surface area contributed by atoms with Crippen LogP contribution in [-0.4, -0.2) is 109 Å². The first kappa shape index (κ1) is 44.7. The van der Waals surface area contributed by atoms with Gasteiger partial charge in [0.15, 0.2) is 31.9 Å². The van der Waals surface area contributed by atoms with Crippen LogP contribution in [0.3, 0.4) is 0 Å². The highest BCUT2D eigenvalue weighted by Crippen LogP contribution is 2.64. The number of amides is 1. The van der Waals surface area contributed by atoms with E-state index in [-0.39, 0.29) is 35.3 Å². The number of Topliss-reactive ketones (excluding diaryl/α,β-unsaturated/α-hetero) is 1. The topological polar surface area (TPSA) is 210 Å². The Hall–Kier alpha value is -5.52. The molecule has 0 aromatic heterocycles. The van der Waals surface area contributed by atoms with E-state index in [0.717, 1.165) is 13.8 Å². The maximum absolute atomic E-state index is 15.8. The van der Waals surface area contributed by atoms with Gasteiger partial charge in [0, 0.05) is 37.7 Å². The fourth-order valence-electron chi connectivity index (χ4n) is 10.5. The summed E-state index contributed by atoms with van der Waals surface area (Å²) in [6.45, 7) is 17.3. The Labute approximate surface area is 411 Å². The summed E-state index contributed by atoms with van der Waals surface area (Å²) in [6, 6.07) is 10.6. The van der Waals surface area contributed by atoms with E-state index in [1.54, 1.807) is 62.4 Å². The first-order chi connectivity index (χ1) is 34.3. The third-order valence-electron chi connectivity index (χ3n) is 15.4. The summed E-state index contributed by atoms with van der Waals surface area (Å²) in [5.41, 5.74) is -8.44. The van der Waals surface area contributed by atoms with E-state index in [0.29, 0.717) is 0 Å². The smallest absolute Gasteiger partial charge is 0.338 e. The molecule has 0 unspecified atom stereocenters. The summed E-state index contributed by atoms with van der Waals surface area (Å²) in [4.78, 5) is 86.8. The van der Waals surface area contributed by atoms with Gasteiger partial charge >= 0.3 is 23.9 Å². The van der Waals surface area contributed by atoms with Gasteiger partial charge in [-0.15, -0.1) is 0 Å². The minimum Gasteiger partial charge on any atom is -0.456 e. The Morgan fingerprint density at radius 3 is 2.04 bits per heavy atom. The Kier molecular flexibility index (Phi) is 12.1. The van der Waals surface area contributed by atoms with E-state index in [9.17, 15) is 29.4 Å². The number of rotatable bonds is 12. The molecule has 3 aromatic rings. The number of esters is 4. The van der Waals surface area contributed by atoms with Crippen molar-refractivity contribution in [2.75, 3.05) is 6.61 Å². The average molecular weight is 973 g/mol. The highest BCUT2D eigenvalue weighted by molar-refractivity contribution is 6.74. The van der Waals surface area contributed by atoms with Crippen LogP contribution >= 0.6 is 0 Å². The lowest BCUT2D eigenvalue weighted by Crippen LogP contribution is -2.82. The number of fused-ring (bicyclic) bond motifs is 5. The van der Waals surface area contributed by atoms with Crippen LogP contribution in [0.4, 0.5) is 0 Å². The number of nitrogens with one attached hydrogen (secondary N) is 1. The second-order valence-corrected chi connectivity index (χ2v) is 25.6. The molecule has 1 saturated heterocycles. The Morgan fingerprint density at radius 1 is 0.884 bits per heavy atom. The molecule has 69 heavy (non-hydrogen) atoms. The molecular formula is C53H65NO14Si. The van der Waals surface area contributed by atoms with Crippen LogP contribution in [0.15, 0.2) is 102 Å². The van der Waals surface area contributed by atoms with Gasteiger partial charge in [-0.1, -0.05) is 101 Å². The van der Waals surface area contributed by atoms with Crippen LogP contribution < -0.4 is 5.32 Å². The standard InChI is InChI=1S/C53H65NO14Si/c1-30-36(65-48(61)42(68-69(10,11)49(4,5)6)40(33-21-15-12-16-22-33)54-46(59)34-23-17-13-18-24-34)28-53(62)45(66-47(60)35-25-19-14-20-26-35)43-51(9,37(57)27-38-52(43,29-63-38)67-32(3)56)44(58)41(64-31(2)55)39(30)50(53,7)8/h12-26,36-38,40-43,45,57,62H,27-29H2,1-11H3,(H,54,59)/t36-,37-,38+,40-,41+,42+,43-,45-,51+,52-,53+/m0/s1/i13D,17D,18D,23D,24D. The lowest BCUT2D eigenvalue weighted by molar-refractivity contribution is -0.346. The normalized spacial score (nSPS) is 31.4. The maximum Gasteiger partial charge on any atom is 0.338 e. The zero-order chi connectivity index (χ0) is 55.0. The number of hydrogen-bond acceptors (Lipinski definition) is 14. The van der Waals surface area contributed by atoms with Crippen LogP contribution in [0, 0.1) is 16.7 Å². The summed E-state index contributed by atoms with van der Waals surface area (Å²) < 4.78 is 79.8. The zero-order valence-electron chi connectivity index (χ0n) is 45.8. The van der Waals surface area contributed by atoms with Crippen molar-refractivity contribution in [2.24, 2.45) is 16.7 Å². The van der Waals surface area contributed by atoms with Crippen LogP contribution in [0.25, 0.3) is 0 Å². The number of carbonyl (C=O) groups is 6. The molecule has 370 valence electrons. The maximum atomic E-state index is 15.8. The summed E-state index contributed by atoms with van der Waals surface area (Å²) in [5.74, 6) is -7.47. The zero-order valence-corrected chi connectivity index (χ0v) is 41.8. The second-order valence-electron chi connectivity index (χ2n) is 20.8. The summed E-state index contributed by atoms with van der Waals surface area (Å²) >= 11 is 0. The van der Waals surface area contributed by atoms with Crippen LogP contribution in [-0.2, 0) is 47.3 Å². The van der Waals surface area contributed by atoms with Gasteiger partial charge in [0.25, 0.3) is 5.91 Å². The highest BCUT2D eigenvalue weighted by atomic mass is 28.4. The van der Waals surface area contributed by atoms with E-state index < -0.39 is 162 Å². The molecule has 3 fully saturated rings. The van der Waals surface area contributed by atoms with Gasteiger partial charge in [0.2, 0.25) is 0 Å². The van der Waals surface area contributed by atoms with Gasteiger partial charge in [0.05, 0.1) is 42.5 Å². The van der Waals surface area contributed by atoms with Gasteiger partial charge in [-0.2, -0.15) is 0 Å². The van der Waals surface area contributed by atoms with E-state index in [1.807, 2.05) is 33.9 Å². The molecule has 1 heterocycles. The monoisotopic (exact) mass is 972 g/mol. The SMILES string of the molecule is [2H]c1c([2H])c([2H])c(C(=O)N[C@@H](c2ccccc2)[C@@H](O[Si](C)(C)C(C)(C)C)C(=O)O[C@H]2C[C@@]3(O)[C@@H](OC(=O)c4ccccc4)[C@@H]4[C@]5(OC(C)=O)CO[C@@H]5C[C@H](O)[C@@]4(C)C(=O)[C@H](OC(C)=O)C(=C2C)C3(C)C)c([2H])c1[2H]. The number of hydrogen-bond donors (Lipinski definition) is 3. The van der Waals surface area contributed by atoms with E-state index >= 15 is 9.59 Å². The molecule has 4 aliphatic rings. The fraction of sp³-hybridized carbons (Fsp3) is 0.509. The van der Waals surface area contributed by atoms with Crippen molar-refractivity contribution in [3.05, 3.63) is 119 Å². The molecule has 2 bridgehead atoms. The predicted octanol–water partition coefficient (Wildman–Crippen LogP) is 6.77. The van der Waals surface area contributed by atoms with Gasteiger partial charge in [-0.05, 0) is 72.9 Å². The van der Waals surface area contributed by atoms with Gasteiger partial charge in [0.1, 0.15) is 23.9 Å². The van der Waals surface area contributed by atoms with Crippen molar-refractivity contribution >= 4 is 43.9 Å². The quantitative estimate of drug-likeness (QED) is 0.0741. The number of carbonyl (C=O) groups excluding carboxylic acids is 6. The van der Waals surface area contributed by atoms with Crippen molar-refractivity contribution in [3.8, 4) is 0 Å². The van der Waals surface area contributed by atoms with Gasteiger partial charge < -0.3 is 43.6 Å². The molecule has 16 heteroatoms. The third kappa shape index (κ3) is 8.98.